The Hall–Kier alpha value is -3.72. The van der Waals surface area contributed by atoms with Crippen molar-refractivity contribution in [2.45, 2.75) is 37.3 Å². The summed E-state index contributed by atoms with van der Waals surface area (Å²) in [7, 11) is 0. The Morgan fingerprint density at radius 2 is 1.50 bits per heavy atom. The Bertz CT molecular complexity index is 1390. The predicted molar refractivity (Wildman–Crippen MR) is 136 cm³/mol. The molecule has 1 saturated carbocycles. The summed E-state index contributed by atoms with van der Waals surface area (Å²) in [5.41, 5.74) is 7.02. The van der Waals surface area contributed by atoms with Gasteiger partial charge in [0.05, 0.1) is 11.4 Å². The maximum absolute atomic E-state index is 13.2. The molecule has 2 aliphatic carbocycles. The molecule has 0 unspecified atom stereocenters. The average molecular weight is 443 g/mol. The van der Waals surface area contributed by atoms with E-state index < -0.39 is 0 Å². The first-order valence-electron chi connectivity index (χ1n) is 12.3. The van der Waals surface area contributed by atoms with Crippen LogP contribution in [0.5, 0.6) is 0 Å². The van der Waals surface area contributed by atoms with Gasteiger partial charge in [0.1, 0.15) is 5.66 Å². The van der Waals surface area contributed by atoms with Crippen molar-refractivity contribution >= 4 is 17.2 Å². The van der Waals surface area contributed by atoms with Crippen LogP contribution in [0, 0.1) is 5.92 Å². The summed E-state index contributed by atoms with van der Waals surface area (Å²) >= 11 is 0. The molecule has 2 heterocycles. The van der Waals surface area contributed by atoms with E-state index in [1.165, 1.54) is 23.2 Å². The zero-order valence-corrected chi connectivity index (χ0v) is 19.0. The molecule has 0 saturated heterocycles. The largest absolute Gasteiger partial charge is 0.313 e. The van der Waals surface area contributed by atoms with Gasteiger partial charge in [0.2, 0.25) is 0 Å². The van der Waals surface area contributed by atoms with Gasteiger partial charge in [0.15, 0.2) is 5.78 Å². The molecule has 4 aliphatic rings. The number of hydrogen-bond donors (Lipinski definition) is 0. The first-order chi connectivity index (χ1) is 16.8. The normalized spacial score (nSPS) is 27.0. The van der Waals surface area contributed by atoms with Gasteiger partial charge in [0.25, 0.3) is 0 Å². The van der Waals surface area contributed by atoms with Crippen molar-refractivity contribution in [1.29, 1.82) is 0 Å². The van der Waals surface area contributed by atoms with Gasteiger partial charge in [-0.1, -0.05) is 97.4 Å². The van der Waals surface area contributed by atoms with Gasteiger partial charge in [0, 0.05) is 34.7 Å². The molecule has 0 amide bonds. The van der Waals surface area contributed by atoms with E-state index in [4.69, 9.17) is 4.99 Å². The number of carbonyl (C=O) groups is 1. The Kier molecular flexibility index (Phi) is 4.29. The van der Waals surface area contributed by atoms with E-state index in [9.17, 15) is 4.79 Å². The number of nitrogens with zero attached hydrogens (tertiary/aromatic N) is 2. The van der Waals surface area contributed by atoms with E-state index in [-0.39, 0.29) is 17.4 Å². The van der Waals surface area contributed by atoms with Gasteiger partial charge < -0.3 is 4.90 Å². The number of ketones is 1. The molecule has 2 aliphatic heterocycles. The van der Waals surface area contributed by atoms with Crippen LogP contribution in [0.3, 0.4) is 0 Å². The van der Waals surface area contributed by atoms with Crippen LogP contribution in [0.25, 0.3) is 5.70 Å². The fourth-order valence-electron chi connectivity index (χ4n) is 6.64. The third-order valence-electron chi connectivity index (χ3n) is 8.06. The van der Waals surface area contributed by atoms with Crippen LogP contribution >= 0.6 is 0 Å². The molecule has 7 rings (SSSR count). The highest BCUT2D eigenvalue weighted by Crippen LogP contribution is 2.58. The lowest BCUT2D eigenvalue weighted by atomic mass is 9.66. The lowest BCUT2D eigenvalue weighted by Gasteiger charge is -2.53. The van der Waals surface area contributed by atoms with E-state index in [2.05, 4.69) is 77.7 Å². The Labute approximate surface area is 200 Å². The molecule has 3 nitrogen and oxygen atoms in total. The summed E-state index contributed by atoms with van der Waals surface area (Å²) < 4.78 is 0. The summed E-state index contributed by atoms with van der Waals surface area (Å²) in [5, 5.41) is 0. The zero-order valence-electron chi connectivity index (χ0n) is 19.0. The molecule has 3 aromatic carbocycles. The maximum atomic E-state index is 13.2. The van der Waals surface area contributed by atoms with Gasteiger partial charge in [-0.25, -0.2) is 0 Å². The Morgan fingerprint density at radius 3 is 2.29 bits per heavy atom. The summed E-state index contributed by atoms with van der Waals surface area (Å²) in [6, 6.07) is 29.5. The van der Waals surface area contributed by atoms with Crippen molar-refractivity contribution in [3.8, 4) is 0 Å². The molecular weight excluding hydrogens is 416 g/mol. The summed E-state index contributed by atoms with van der Waals surface area (Å²) in [6.45, 7) is 0. The molecular formula is C31H26N2O. The zero-order chi connectivity index (χ0) is 22.7. The number of allylic oxidation sites excluding steroid dienone is 3. The minimum Gasteiger partial charge on any atom is -0.313 e. The first kappa shape index (κ1) is 19.7. The van der Waals surface area contributed by atoms with Crippen LogP contribution in [0.4, 0.5) is 0 Å². The van der Waals surface area contributed by atoms with E-state index in [0.717, 1.165) is 41.8 Å². The highest BCUT2D eigenvalue weighted by atomic mass is 16.1. The summed E-state index contributed by atoms with van der Waals surface area (Å²) in [4.78, 5) is 21.2. The second kappa shape index (κ2) is 7.39. The standard InChI is InChI=1S/C31H26N2O/c34-29-20-28-30(24-16-8-7-15-23(24)29)32-31-18-10-9-17-26(31)25(21-11-3-1-4-12-21)19-27(33(28)31)22-13-5-2-6-14-22/h1-8,11-16,19-20,25-26H,9-10,17-18H2/t25-,26-,31-/m1/s1. The molecule has 34 heavy (non-hydrogen) atoms. The first-order valence-corrected chi connectivity index (χ1v) is 12.3. The molecule has 0 radical (unpaired) electrons. The highest BCUT2D eigenvalue weighted by molar-refractivity contribution is 6.27. The fourth-order valence-corrected chi connectivity index (χ4v) is 6.64. The fraction of sp³-hybridized carbons (Fsp3) is 0.226. The van der Waals surface area contributed by atoms with Crippen LogP contribution in [-0.4, -0.2) is 22.1 Å². The van der Waals surface area contributed by atoms with Gasteiger partial charge in [-0.2, -0.15) is 0 Å². The van der Waals surface area contributed by atoms with Gasteiger partial charge in [-0.15, -0.1) is 0 Å². The second-order valence-corrected chi connectivity index (χ2v) is 9.82. The molecule has 1 fully saturated rings. The average Bonchev–Trinajstić information content (AvgIpc) is 3.23. The van der Waals surface area contributed by atoms with E-state index in [1.807, 2.05) is 24.3 Å². The smallest absolute Gasteiger partial charge is 0.188 e. The number of hydrogen-bond acceptors (Lipinski definition) is 3. The summed E-state index contributed by atoms with van der Waals surface area (Å²) in [5.74, 6) is 0.716. The van der Waals surface area contributed by atoms with Crippen molar-refractivity contribution in [2.24, 2.45) is 10.9 Å². The Balaban J connectivity index is 1.51. The third-order valence-corrected chi connectivity index (χ3v) is 8.06. The number of benzene rings is 3. The molecule has 3 aromatic rings. The van der Waals surface area contributed by atoms with Gasteiger partial charge >= 0.3 is 0 Å². The molecule has 3 atom stereocenters. The van der Waals surface area contributed by atoms with E-state index in [1.54, 1.807) is 0 Å². The minimum atomic E-state index is -0.364. The van der Waals surface area contributed by atoms with Crippen molar-refractivity contribution < 1.29 is 4.79 Å². The van der Waals surface area contributed by atoms with E-state index >= 15 is 0 Å². The molecule has 166 valence electrons. The van der Waals surface area contributed by atoms with Crippen molar-refractivity contribution in [1.82, 2.24) is 4.90 Å². The van der Waals surface area contributed by atoms with Crippen LogP contribution < -0.4 is 0 Å². The predicted octanol–water partition coefficient (Wildman–Crippen LogP) is 6.60. The monoisotopic (exact) mass is 442 g/mol. The van der Waals surface area contributed by atoms with Crippen molar-refractivity contribution in [3.05, 3.63) is 125 Å². The second-order valence-electron chi connectivity index (χ2n) is 9.82. The van der Waals surface area contributed by atoms with Crippen LogP contribution in [0.1, 0.15) is 58.6 Å². The highest BCUT2D eigenvalue weighted by Gasteiger charge is 2.57. The number of carbonyl (C=O) groups excluding carboxylic acids is 1. The van der Waals surface area contributed by atoms with Gasteiger partial charge in [-0.05, 0) is 30.4 Å². The molecule has 0 N–H and O–H groups in total. The lowest BCUT2D eigenvalue weighted by molar-refractivity contribution is 0.0683. The van der Waals surface area contributed by atoms with Crippen LogP contribution in [0.15, 0.2) is 108 Å². The summed E-state index contributed by atoms with van der Waals surface area (Å²) in [6.07, 6.45) is 8.79. The quantitative estimate of drug-likeness (QED) is 0.448. The molecule has 0 bridgehead atoms. The molecule has 3 heteroatoms. The molecule has 0 aromatic heterocycles. The van der Waals surface area contributed by atoms with Crippen LogP contribution in [0.2, 0.25) is 0 Å². The maximum Gasteiger partial charge on any atom is 0.188 e. The van der Waals surface area contributed by atoms with Crippen molar-refractivity contribution in [2.75, 3.05) is 0 Å². The number of aliphatic imine (C=N–C) groups is 1. The Morgan fingerprint density at radius 1 is 0.794 bits per heavy atom. The van der Waals surface area contributed by atoms with E-state index in [0.29, 0.717) is 5.92 Å². The van der Waals surface area contributed by atoms with Gasteiger partial charge in [-0.3, -0.25) is 9.79 Å². The van der Waals surface area contributed by atoms with Crippen LogP contribution in [-0.2, 0) is 0 Å². The molecule has 1 spiro atoms. The number of fused-ring (bicyclic) bond motifs is 4. The third kappa shape index (κ3) is 2.70. The topological polar surface area (TPSA) is 32.7 Å². The van der Waals surface area contributed by atoms with Crippen molar-refractivity contribution in [3.63, 3.8) is 0 Å². The SMILES string of the molecule is O=C1C=C2C(=N[C@@]34CCCC[C@@H]3[C@@H](c3ccccc3)C=C(c3ccccc3)N24)c2ccccc21. The lowest BCUT2D eigenvalue weighted by Crippen LogP contribution is -2.54. The minimum absolute atomic E-state index is 0.0755. The number of rotatable bonds is 2.